The second kappa shape index (κ2) is 5.01. The number of fused-ring (bicyclic) bond motifs is 1. The summed E-state index contributed by atoms with van der Waals surface area (Å²) in [5.41, 5.74) is 2.96. The minimum absolute atomic E-state index is 0.612. The summed E-state index contributed by atoms with van der Waals surface area (Å²) >= 11 is 1.70. The molecule has 0 aliphatic carbocycles. The number of thiophene rings is 1. The molecule has 0 saturated carbocycles. The van der Waals surface area contributed by atoms with Gasteiger partial charge in [-0.2, -0.15) is 4.98 Å². The average Bonchev–Trinajstić information content (AvgIpc) is 3.04. The first-order chi connectivity index (χ1) is 9.31. The van der Waals surface area contributed by atoms with Gasteiger partial charge in [0, 0.05) is 6.07 Å². The summed E-state index contributed by atoms with van der Waals surface area (Å²) in [4.78, 5) is 13.5. The molecule has 0 aromatic carbocycles. The second-order valence-electron chi connectivity index (χ2n) is 4.17. The van der Waals surface area contributed by atoms with E-state index in [4.69, 9.17) is 4.74 Å². The van der Waals surface area contributed by atoms with Gasteiger partial charge in [-0.3, -0.25) is 0 Å². The van der Waals surface area contributed by atoms with Crippen molar-refractivity contribution in [1.82, 2.24) is 15.0 Å². The molecule has 3 heterocycles. The Morgan fingerprint density at radius 2 is 2.11 bits per heavy atom. The van der Waals surface area contributed by atoms with Gasteiger partial charge in [-0.25, -0.2) is 4.98 Å². The molecule has 1 N–H and O–H groups in total. The molecular formula is C14H15N3OS. The molecule has 0 aliphatic rings. The molecule has 5 heteroatoms. The molecule has 0 radical (unpaired) electrons. The van der Waals surface area contributed by atoms with Gasteiger partial charge in [-0.1, -0.05) is 6.92 Å². The van der Waals surface area contributed by atoms with E-state index >= 15 is 0 Å². The molecule has 98 valence electrons. The van der Waals surface area contributed by atoms with Crippen LogP contribution in [0.1, 0.15) is 19.4 Å². The Hall–Kier alpha value is -1.88. The zero-order valence-electron chi connectivity index (χ0n) is 10.9. The van der Waals surface area contributed by atoms with Crippen LogP contribution in [0, 0.1) is 0 Å². The molecule has 3 aromatic rings. The van der Waals surface area contributed by atoms with Crippen molar-refractivity contribution >= 4 is 22.5 Å². The van der Waals surface area contributed by atoms with Gasteiger partial charge in [-0.05, 0) is 36.4 Å². The first-order valence-corrected chi connectivity index (χ1v) is 7.26. The number of hydrogen-bond acceptors (Lipinski definition) is 4. The van der Waals surface area contributed by atoms with Gasteiger partial charge in [-0.15, -0.1) is 11.3 Å². The largest absolute Gasteiger partial charge is 0.478 e. The van der Waals surface area contributed by atoms with Gasteiger partial charge in [0.15, 0.2) is 11.5 Å². The van der Waals surface area contributed by atoms with Crippen LogP contribution in [-0.2, 0) is 6.42 Å². The van der Waals surface area contributed by atoms with Crippen molar-refractivity contribution in [3.63, 3.8) is 0 Å². The minimum atomic E-state index is 0.612. The molecule has 0 spiro atoms. The summed E-state index contributed by atoms with van der Waals surface area (Å²) in [6.07, 6.45) is 1.01. The second-order valence-corrected chi connectivity index (χ2v) is 5.08. The number of imidazole rings is 1. The number of rotatable bonds is 4. The summed E-state index contributed by atoms with van der Waals surface area (Å²) in [5.74, 6) is 1.51. The molecular weight excluding hydrogens is 258 g/mol. The van der Waals surface area contributed by atoms with Crippen LogP contribution in [0.4, 0.5) is 0 Å². The van der Waals surface area contributed by atoms with Crippen molar-refractivity contribution in [2.24, 2.45) is 0 Å². The van der Waals surface area contributed by atoms with Crippen molar-refractivity contribution in [3.05, 3.63) is 29.1 Å². The highest BCUT2D eigenvalue weighted by Gasteiger charge is 2.11. The Labute approximate surface area is 115 Å². The third-order valence-electron chi connectivity index (χ3n) is 2.96. The Kier molecular flexibility index (Phi) is 3.21. The summed E-state index contributed by atoms with van der Waals surface area (Å²) in [5, 5.41) is 2.10. The SMILES string of the molecule is CCOc1ccc2[nH]c(-c3sccc3CC)nc2n1. The Morgan fingerprint density at radius 3 is 2.89 bits per heavy atom. The zero-order valence-corrected chi connectivity index (χ0v) is 11.8. The number of aromatic amines is 1. The fourth-order valence-corrected chi connectivity index (χ4v) is 2.97. The predicted octanol–water partition coefficient (Wildman–Crippen LogP) is 3.65. The van der Waals surface area contributed by atoms with Crippen LogP contribution in [0.15, 0.2) is 23.6 Å². The average molecular weight is 273 g/mol. The van der Waals surface area contributed by atoms with Crippen LogP contribution >= 0.6 is 11.3 Å². The number of aromatic nitrogens is 3. The quantitative estimate of drug-likeness (QED) is 0.789. The number of nitrogens with one attached hydrogen (secondary N) is 1. The summed E-state index contributed by atoms with van der Waals surface area (Å²) in [7, 11) is 0. The van der Waals surface area contributed by atoms with Gasteiger partial charge in [0.2, 0.25) is 5.88 Å². The van der Waals surface area contributed by atoms with E-state index in [1.807, 2.05) is 19.1 Å². The molecule has 0 amide bonds. The van der Waals surface area contributed by atoms with Crippen LogP contribution in [0.3, 0.4) is 0 Å². The van der Waals surface area contributed by atoms with E-state index in [1.165, 1.54) is 10.4 Å². The summed E-state index contributed by atoms with van der Waals surface area (Å²) in [6.45, 7) is 4.71. The standard InChI is InChI=1S/C14H15N3OS/c1-3-9-7-8-19-12(9)14-15-10-5-6-11(18-4-2)16-13(10)17-14/h5-8H,3-4H2,1-2H3,(H,15,16,17). The van der Waals surface area contributed by atoms with Gasteiger partial charge in [0.25, 0.3) is 0 Å². The van der Waals surface area contributed by atoms with Crippen molar-refractivity contribution in [3.8, 4) is 16.6 Å². The lowest BCUT2D eigenvalue weighted by molar-refractivity contribution is 0.328. The van der Waals surface area contributed by atoms with Crippen LogP contribution in [-0.4, -0.2) is 21.6 Å². The highest BCUT2D eigenvalue weighted by atomic mass is 32.1. The summed E-state index contributed by atoms with van der Waals surface area (Å²) in [6, 6.07) is 5.97. The minimum Gasteiger partial charge on any atom is -0.478 e. The maximum Gasteiger partial charge on any atom is 0.215 e. The molecule has 19 heavy (non-hydrogen) atoms. The first-order valence-electron chi connectivity index (χ1n) is 6.38. The molecule has 0 aliphatic heterocycles. The Morgan fingerprint density at radius 1 is 1.21 bits per heavy atom. The Bertz CT molecular complexity index is 702. The summed E-state index contributed by atoms with van der Waals surface area (Å²) < 4.78 is 5.40. The maximum atomic E-state index is 5.40. The first kappa shape index (κ1) is 12.2. The maximum absolute atomic E-state index is 5.40. The smallest absolute Gasteiger partial charge is 0.215 e. The number of H-pyrrole nitrogens is 1. The monoisotopic (exact) mass is 273 g/mol. The molecule has 4 nitrogen and oxygen atoms in total. The fraction of sp³-hybridized carbons (Fsp3) is 0.286. The van der Waals surface area contributed by atoms with E-state index < -0.39 is 0 Å². The molecule has 0 fully saturated rings. The highest BCUT2D eigenvalue weighted by molar-refractivity contribution is 7.13. The van der Waals surface area contributed by atoms with E-state index in [1.54, 1.807) is 11.3 Å². The van der Waals surface area contributed by atoms with E-state index in [2.05, 4.69) is 33.3 Å². The molecule has 0 saturated heterocycles. The van der Waals surface area contributed by atoms with E-state index in [-0.39, 0.29) is 0 Å². The molecule has 0 bridgehead atoms. The normalized spacial score (nSPS) is 11.1. The molecule has 0 unspecified atom stereocenters. The van der Waals surface area contributed by atoms with E-state index in [0.717, 1.165) is 17.8 Å². The van der Waals surface area contributed by atoms with E-state index in [0.29, 0.717) is 18.1 Å². The van der Waals surface area contributed by atoms with Gasteiger partial charge < -0.3 is 9.72 Å². The van der Waals surface area contributed by atoms with Crippen molar-refractivity contribution in [2.45, 2.75) is 20.3 Å². The third kappa shape index (κ3) is 2.21. The molecule has 3 aromatic heterocycles. The van der Waals surface area contributed by atoms with Crippen molar-refractivity contribution < 1.29 is 4.74 Å². The lowest BCUT2D eigenvalue weighted by atomic mass is 10.2. The fourth-order valence-electron chi connectivity index (χ4n) is 2.03. The lowest BCUT2D eigenvalue weighted by Gasteiger charge is -1.99. The predicted molar refractivity (Wildman–Crippen MR) is 77.7 cm³/mol. The topological polar surface area (TPSA) is 50.8 Å². The Balaban J connectivity index is 2.06. The van der Waals surface area contributed by atoms with Crippen LogP contribution in [0.2, 0.25) is 0 Å². The van der Waals surface area contributed by atoms with Gasteiger partial charge >= 0.3 is 0 Å². The van der Waals surface area contributed by atoms with E-state index in [9.17, 15) is 0 Å². The van der Waals surface area contributed by atoms with Crippen molar-refractivity contribution in [2.75, 3.05) is 6.61 Å². The van der Waals surface area contributed by atoms with Crippen LogP contribution in [0.5, 0.6) is 5.88 Å². The lowest BCUT2D eigenvalue weighted by Crippen LogP contribution is -1.93. The number of aryl methyl sites for hydroxylation is 1. The van der Waals surface area contributed by atoms with Gasteiger partial charge in [0.1, 0.15) is 0 Å². The highest BCUT2D eigenvalue weighted by Crippen LogP contribution is 2.29. The van der Waals surface area contributed by atoms with Crippen LogP contribution in [0.25, 0.3) is 21.9 Å². The number of nitrogens with zero attached hydrogens (tertiary/aromatic N) is 2. The zero-order chi connectivity index (χ0) is 13.2. The molecule has 3 rings (SSSR count). The van der Waals surface area contributed by atoms with Gasteiger partial charge in [0.05, 0.1) is 17.0 Å². The number of hydrogen-bond donors (Lipinski definition) is 1. The van der Waals surface area contributed by atoms with Crippen molar-refractivity contribution in [1.29, 1.82) is 0 Å². The number of pyridine rings is 1. The third-order valence-corrected chi connectivity index (χ3v) is 3.92. The number of ether oxygens (including phenoxy) is 1. The molecule has 0 atom stereocenters. The van der Waals surface area contributed by atoms with Crippen LogP contribution < -0.4 is 4.74 Å².